The Kier molecular flexibility index (Phi) is 5.61. The van der Waals surface area contributed by atoms with Crippen molar-refractivity contribution < 1.29 is 33.4 Å². The van der Waals surface area contributed by atoms with Gasteiger partial charge in [-0.05, 0) is 71.8 Å². The van der Waals surface area contributed by atoms with Gasteiger partial charge in [0.05, 0.1) is 42.2 Å². The highest BCUT2D eigenvalue weighted by molar-refractivity contribution is 6.34. The Morgan fingerprint density at radius 2 is 1.62 bits per heavy atom. The Bertz CT molecular complexity index is 1820. The van der Waals surface area contributed by atoms with E-state index < -0.39 is 17.8 Å². The van der Waals surface area contributed by atoms with Crippen LogP contribution in [0.15, 0.2) is 83.3 Å². The van der Waals surface area contributed by atoms with E-state index in [1.54, 1.807) is 25.3 Å². The number of carbonyl (C=O) groups is 3. The number of aromatic carboxylic acids is 1. The van der Waals surface area contributed by atoms with E-state index in [9.17, 15) is 19.5 Å². The van der Waals surface area contributed by atoms with Crippen LogP contribution in [0.5, 0.6) is 11.5 Å². The number of hydrogen-bond donors (Lipinski definition) is 1. The maximum absolute atomic E-state index is 13.2. The van der Waals surface area contributed by atoms with E-state index in [0.29, 0.717) is 22.4 Å². The van der Waals surface area contributed by atoms with Gasteiger partial charge in [0.15, 0.2) is 5.58 Å². The van der Waals surface area contributed by atoms with Gasteiger partial charge in [-0.3, -0.25) is 9.59 Å². The topological polar surface area (TPSA) is 119 Å². The number of ether oxygens (including phenoxy) is 2. The highest BCUT2D eigenvalue weighted by Crippen LogP contribution is 2.38. The number of methoxy groups -OCH3 is 2. The van der Waals surface area contributed by atoms with Crippen molar-refractivity contribution in [3.63, 3.8) is 0 Å². The molecule has 0 unspecified atom stereocenters. The number of carbonyl (C=O) groups excluding carboxylic acids is 2. The van der Waals surface area contributed by atoms with Gasteiger partial charge in [0, 0.05) is 0 Å². The van der Waals surface area contributed by atoms with Crippen LogP contribution >= 0.6 is 0 Å². The highest BCUT2D eigenvalue weighted by atomic mass is 16.5. The molecule has 192 valence electrons. The summed E-state index contributed by atoms with van der Waals surface area (Å²) < 4.78 is 16.9. The molecule has 0 spiro atoms. The first-order chi connectivity index (χ1) is 18.9. The number of benzene rings is 4. The van der Waals surface area contributed by atoms with Gasteiger partial charge in [-0.1, -0.05) is 18.2 Å². The van der Waals surface area contributed by atoms with Crippen LogP contribution < -0.4 is 14.4 Å². The summed E-state index contributed by atoms with van der Waals surface area (Å²) in [4.78, 5) is 43.3. The van der Waals surface area contributed by atoms with Crippen LogP contribution in [0.25, 0.3) is 33.7 Å². The van der Waals surface area contributed by atoms with Crippen LogP contribution in [0.3, 0.4) is 0 Å². The third-order valence-electron chi connectivity index (χ3n) is 6.60. The second kappa shape index (κ2) is 9.14. The van der Waals surface area contributed by atoms with Gasteiger partial charge in [-0.2, -0.15) is 0 Å². The summed E-state index contributed by atoms with van der Waals surface area (Å²) in [5.74, 6) is -0.936. The smallest absolute Gasteiger partial charge is 0.335 e. The normalized spacial score (nSPS) is 12.6. The number of hydrogen-bond acceptors (Lipinski definition) is 7. The summed E-state index contributed by atoms with van der Waals surface area (Å²) in [5, 5.41) is 9.29. The Labute approximate surface area is 221 Å². The number of amides is 2. The molecule has 0 aliphatic carbocycles. The average molecular weight is 520 g/mol. The lowest BCUT2D eigenvalue weighted by molar-refractivity contribution is 0.0696. The van der Waals surface area contributed by atoms with E-state index in [0.717, 1.165) is 21.8 Å². The molecule has 0 radical (unpaired) electrons. The van der Waals surface area contributed by atoms with Crippen molar-refractivity contribution in [3.05, 3.63) is 95.6 Å². The molecule has 0 atom stereocenters. The second-order valence-electron chi connectivity index (χ2n) is 8.83. The number of fused-ring (bicyclic) bond motifs is 2. The van der Waals surface area contributed by atoms with Crippen molar-refractivity contribution in [3.8, 4) is 34.1 Å². The first-order valence-corrected chi connectivity index (χ1v) is 11.9. The van der Waals surface area contributed by atoms with Crippen molar-refractivity contribution in [2.24, 2.45) is 0 Å². The van der Waals surface area contributed by atoms with Gasteiger partial charge < -0.3 is 19.0 Å². The molecule has 1 N–H and O–H groups in total. The fourth-order valence-corrected chi connectivity index (χ4v) is 4.64. The fraction of sp³-hybridized carbons (Fsp3) is 0.0667. The zero-order chi connectivity index (χ0) is 27.3. The summed E-state index contributed by atoms with van der Waals surface area (Å²) in [7, 11) is 3.11. The molecule has 2 heterocycles. The monoisotopic (exact) mass is 520 g/mol. The molecule has 4 aromatic carbocycles. The molecular weight excluding hydrogens is 500 g/mol. The number of oxazole rings is 1. The minimum atomic E-state index is -1.19. The number of rotatable bonds is 6. The van der Waals surface area contributed by atoms with E-state index in [2.05, 4.69) is 4.98 Å². The van der Waals surface area contributed by atoms with Crippen molar-refractivity contribution >= 4 is 34.6 Å². The standard InChI is InChI=1S/C30H20N2O7/c1-37-20-5-3-4-16(12-20)17-7-10-26-24(14-17)31-27(39-26)23-15-19(8-11-25(23)38-2)32-28(33)21-9-6-18(30(35)36)13-22(21)29(32)34/h3-15H,1-2H3,(H,35,36). The molecule has 0 fully saturated rings. The summed E-state index contributed by atoms with van der Waals surface area (Å²) >= 11 is 0. The molecule has 39 heavy (non-hydrogen) atoms. The Balaban J connectivity index is 1.40. The highest BCUT2D eigenvalue weighted by Gasteiger charge is 2.37. The van der Waals surface area contributed by atoms with E-state index in [1.165, 1.54) is 25.3 Å². The minimum Gasteiger partial charge on any atom is -0.497 e. The molecule has 6 rings (SSSR count). The predicted octanol–water partition coefficient (Wildman–Crippen LogP) is 5.68. The van der Waals surface area contributed by atoms with Gasteiger partial charge in [-0.15, -0.1) is 0 Å². The lowest BCUT2D eigenvalue weighted by Crippen LogP contribution is -2.29. The molecule has 1 aliphatic heterocycles. The van der Waals surface area contributed by atoms with Crippen molar-refractivity contribution in [1.29, 1.82) is 0 Å². The lowest BCUT2D eigenvalue weighted by atomic mass is 10.1. The molecule has 1 aromatic heterocycles. The number of carboxylic acid groups (broad SMARTS) is 1. The predicted molar refractivity (Wildman–Crippen MR) is 143 cm³/mol. The van der Waals surface area contributed by atoms with Gasteiger partial charge in [0.2, 0.25) is 5.89 Å². The van der Waals surface area contributed by atoms with Crippen molar-refractivity contribution in [2.45, 2.75) is 0 Å². The molecule has 0 saturated heterocycles. The van der Waals surface area contributed by atoms with Gasteiger partial charge in [0.25, 0.3) is 11.8 Å². The first-order valence-electron chi connectivity index (χ1n) is 11.9. The molecule has 9 nitrogen and oxygen atoms in total. The zero-order valence-corrected chi connectivity index (χ0v) is 20.8. The molecule has 0 bridgehead atoms. The fourth-order valence-electron chi connectivity index (χ4n) is 4.64. The average Bonchev–Trinajstić information content (AvgIpc) is 3.50. The van der Waals surface area contributed by atoms with Crippen LogP contribution in [0.4, 0.5) is 5.69 Å². The lowest BCUT2D eigenvalue weighted by Gasteiger charge is -2.16. The Hall–Kier alpha value is -5.44. The summed E-state index contributed by atoms with van der Waals surface area (Å²) in [6.45, 7) is 0. The number of anilines is 1. The number of nitrogens with zero attached hydrogens (tertiary/aromatic N) is 2. The Morgan fingerprint density at radius 1 is 0.821 bits per heavy atom. The van der Waals surface area contributed by atoms with Crippen molar-refractivity contribution in [2.75, 3.05) is 19.1 Å². The Morgan fingerprint density at radius 3 is 2.38 bits per heavy atom. The number of imide groups is 1. The van der Waals surface area contributed by atoms with E-state index in [1.807, 2.05) is 42.5 Å². The summed E-state index contributed by atoms with van der Waals surface area (Å²) in [5.41, 5.74) is 3.84. The molecule has 1 aliphatic rings. The number of carboxylic acids is 1. The molecule has 5 aromatic rings. The van der Waals surface area contributed by atoms with E-state index >= 15 is 0 Å². The maximum atomic E-state index is 13.2. The molecular formula is C30H20N2O7. The third-order valence-corrected chi connectivity index (χ3v) is 6.60. The van der Waals surface area contributed by atoms with Crippen LogP contribution in [0.1, 0.15) is 31.1 Å². The first kappa shape index (κ1) is 23.9. The SMILES string of the molecule is COc1cccc(-c2ccc3oc(-c4cc(N5C(=O)c6ccc(C(=O)O)cc6C5=O)ccc4OC)nc3c2)c1. The third kappa shape index (κ3) is 3.97. The summed E-state index contributed by atoms with van der Waals surface area (Å²) in [6.07, 6.45) is 0. The molecule has 2 amide bonds. The number of aromatic nitrogens is 1. The van der Waals surface area contributed by atoms with Crippen molar-refractivity contribution in [1.82, 2.24) is 4.98 Å². The maximum Gasteiger partial charge on any atom is 0.335 e. The quantitative estimate of drug-likeness (QED) is 0.284. The van der Waals surface area contributed by atoms with Gasteiger partial charge in [-0.25, -0.2) is 14.7 Å². The molecule has 9 heteroatoms. The zero-order valence-electron chi connectivity index (χ0n) is 20.8. The van der Waals surface area contributed by atoms with Crippen LogP contribution in [0, 0.1) is 0 Å². The second-order valence-corrected chi connectivity index (χ2v) is 8.83. The van der Waals surface area contributed by atoms with Gasteiger partial charge in [0.1, 0.15) is 17.0 Å². The van der Waals surface area contributed by atoms with E-state index in [-0.39, 0.29) is 28.3 Å². The minimum absolute atomic E-state index is 0.0317. The molecule has 0 saturated carbocycles. The van der Waals surface area contributed by atoms with Gasteiger partial charge >= 0.3 is 5.97 Å². The van der Waals surface area contributed by atoms with E-state index in [4.69, 9.17) is 13.9 Å². The van der Waals surface area contributed by atoms with Crippen LogP contribution in [-0.2, 0) is 0 Å². The largest absolute Gasteiger partial charge is 0.497 e. The van der Waals surface area contributed by atoms with Crippen LogP contribution in [0.2, 0.25) is 0 Å². The van der Waals surface area contributed by atoms with Crippen LogP contribution in [-0.4, -0.2) is 42.1 Å². The summed E-state index contributed by atoms with van der Waals surface area (Å²) in [6, 6.07) is 22.0.